The van der Waals surface area contributed by atoms with E-state index in [0.29, 0.717) is 12.3 Å². The molecule has 27 heavy (non-hydrogen) atoms. The van der Waals surface area contributed by atoms with Crippen LogP contribution in [0.15, 0.2) is 53.5 Å². The minimum atomic E-state index is -0.203. The van der Waals surface area contributed by atoms with E-state index in [1.54, 1.807) is 12.1 Å². The van der Waals surface area contributed by atoms with Gasteiger partial charge >= 0.3 is 0 Å². The number of anilines is 1. The number of phenolic OH excluding ortho intramolecular Hbond substituents is 1. The van der Waals surface area contributed by atoms with E-state index in [1.165, 1.54) is 12.1 Å². The molecule has 0 bridgehead atoms. The highest BCUT2D eigenvalue weighted by Crippen LogP contribution is 2.17. The number of rotatable bonds is 5. The Labute approximate surface area is 160 Å². The summed E-state index contributed by atoms with van der Waals surface area (Å²) in [5.74, 6) is 1.02. The molecule has 0 radical (unpaired) electrons. The van der Waals surface area contributed by atoms with E-state index in [2.05, 4.69) is 22.0 Å². The first-order chi connectivity index (χ1) is 13.2. The predicted octanol–water partition coefficient (Wildman–Crippen LogP) is 2.86. The number of nitrogens with zero attached hydrogens (tertiary/aromatic N) is 3. The Morgan fingerprint density at radius 1 is 1.11 bits per heavy atom. The molecule has 0 aromatic heterocycles. The van der Waals surface area contributed by atoms with Crippen LogP contribution in [0.4, 0.5) is 10.1 Å². The Kier molecular flexibility index (Phi) is 6.52. The van der Waals surface area contributed by atoms with Gasteiger partial charge in [0.1, 0.15) is 11.6 Å². The molecule has 2 N–H and O–H groups in total. The van der Waals surface area contributed by atoms with Gasteiger partial charge in [-0.1, -0.05) is 12.1 Å². The lowest BCUT2D eigenvalue weighted by Gasteiger charge is -2.37. The van der Waals surface area contributed by atoms with Gasteiger partial charge < -0.3 is 20.2 Å². The number of piperazine rings is 1. The quantitative estimate of drug-likeness (QED) is 0.628. The van der Waals surface area contributed by atoms with Gasteiger partial charge in [-0.15, -0.1) is 0 Å². The summed E-state index contributed by atoms with van der Waals surface area (Å²) in [5.41, 5.74) is 2.14. The molecule has 3 rings (SSSR count). The van der Waals surface area contributed by atoms with Gasteiger partial charge in [-0.05, 0) is 55.3 Å². The van der Waals surface area contributed by atoms with Crippen LogP contribution >= 0.6 is 0 Å². The van der Waals surface area contributed by atoms with Gasteiger partial charge in [0.15, 0.2) is 5.96 Å². The van der Waals surface area contributed by atoms with Crippen molar-refractivity contribution in [2.24, 2.45) is 4.99 Å². The van der Waals surface area contributed by atoms with Gasteiger partial charge in [-0.25, -0.2) is 4.39 Å². The molecule has 1 aliphatic heterocycles. The van der Waals surface area contributed by atoms with Crippen LogP contribution in [-0.4, -0.2) is 55.2 Å². The number of hydrogen-bond donors (Lipinski definition) is 2. The molecule has 0 unspecified atom stereocenters. The maximum absolute atomic E-state index is 13.1. The molecule has 0 spiro atoms. The fourth-order valence-electron chi connectivity index (χ4n) is 3.26. The van der Waals surface area contributed by atoms with Crippen LogP contribution in [0.25, 0.3) is 0 Å². The number of nitrogens with one attached hydrogen (secondary N) is 1. The maximum Gasteiger partial charge on any atom is 0.194 e. The van der Waals surface area contributed by atoms with Crippen molar-refractivity contribution in [3.8, 4) is 5.75 Å². The standard InChI is InChI=1S/C21H27FN4O/c1-2-23-21(24-11-10-17-4-3-5-20(27)16-17)26-14-12-25(13-15-26)19-8-6-18(22)7-9-19/h3-9,16,27H,2,10-15H2,1H3,(H,23,24). The van der Waals surface area contributed by atoms with Gasteiger partial charge in [0.25, 0.3) is 0 Å². The average Bonchev–Trinajstić information content (AvgIpc) is 2.68. The zero-order valence-corrected chi connectivity index (χ0v) is 15.7. The second kappa shape index (κ2) is 9.26. The molecule has 2 aromatic rings. The van der Waals surface area contributed by atoms with Crippen molar-refractivity contribution in [2.75, 3.05) is 44.2 Å². The fraction of sp³-hybridized carbons (Fsp3) is 0.381. The van der Waals surface area contributed by atoms with Gasteiger partial charge in [-0.2, -0.15) is 0 Å². The Bertz CT molecular complexity index is 755. The van der Waals surface area contributed by atoms with E-state index in [9.17, 15) is 9.50 Å². The van der Waals surface area contributed by atoms with Crippen molar-refractivity contribution in [1.82, 2.24) is 10.2 Å². The van der Waals surface area contributed by atoms with E-state index in [1.807, 2.05) is 24.3 Å². The normalized spacial score (nSPS) is 15.1. The molecule has 144 valence electrons. The third kappa shape index (κ3) is 5.36. The topological polar surface area (TPSA) is 51.1 Å². The molecular weight excluding hydrogens is 343 g/mol. The van der Waals surface area contributed by atoms with Crippen molar-refractivity contribution >= 4 is 11.6 Å². The van der Waals surface area contributed by atoms with Gasteiger partial charge in [-0.3, -0.25) is 4.99 Å². The number of aromatic hydroxyl groups is 1. The molecule has 5 nitrogen and oxygen atoms in total. The second-order valence-corrected chi connectivity index (χ2v) is 6.61. The summed E-state index contributed by atoms with van der Waals surface area (Å²) in [4.78, 5) is 9.29. The summed E-state index contributed by atoms with van der Waals surface area (Å²) in [7, 11) is 0. The van der Waals surface area contributed by atoms with Crippen molar-refractivity contribution < 1.29 is 9.50 Å². The zero-order valence-electron chi connectivity index (χ0n) is 15.7. The molecule has 1 fully saturated rings. The summed E-state index contributed by atoms with van der Waals surface area (Å²) in [6.07, 6.45) is 0.791. The highest BCUT2D eigenvalue weighted by atomic mass is 19.1. The van der Waals surface area contributed by atoms with Gasteiger partial charge in [0, 0.05) is 45.0 Å². The molecule has 1 saturated heterocycles. The van der Waals surface area contributed by atoms with Crippen molar-refractivity contribution in [2.45, 2.75) is 13.3 Å². The highest BCUT2D eigenvalue weighted by molar-refractivity contribution is 5.80. The zero-order chi connectivity index (χ0) is 19.1. The first kappa shape index (κ1) is 19.0. The molecular formula is C21H27FN4O. The van der Waals surface area contributed by atoms with Crippen molar-refractivity contribution in [3.63, 3.8) is 0 Å². The monoisotopic (exact) mass is 370 g/mol. The maximum atomic E-state index is 13.1. The average molecular weight is 370 g/mol. The second-order valence-electron chi connectivity index (χ2n) is 6.61. The number of halogens is 1. The van der Waals surface area contributed by atoms with Gasteiger partial charge in [0.2, 0.25) is 0 Å². The first-order valence-corrected chi connectivity index (χ1v) is 9.47. The van der Waals surface area contributed by atoms with Crippen molar-refractivity contribution in [3.05, 3.63) is 59.9 Å². The molecule has 1 heterocycles. The molecule has 0 aliphatic carbocycles. The van der Waals surface area contributed by atoms with Crippen LogP contribution in [0.1, 0.15) is 12.5 Å². The summed E-state index contributed by atoms with van der Waals surface area (Å²) in [5, 5.41) is 12.9. The molecule has 0 saturated carbocycles. The molecule has 0 atom stereocenters. The Morgan fingerprint density at radius 2 is 1.85 bits per heavy atom. The Morgan fingerprint density at radius 3 is 2.52 bits per heavy atom. The van der Waals surface area contributed by atoms with Crippen LogP contribution < -0.4 is 10.2 Å². The smallest absolute Gasteiger partial charge is 0.194 e. The third-order valence-corrected chi connectivity index (χ3v) is 4.68. The molecule has 1 aliphatic rings. The molecule has 2 aromatic carbocycles. The van der Waals surface area contributed by atoms with Crippen LogP contribution in [0, 0.1) is 5.82 Å². The van der Waals surface area contributed by atoms with Crippen LogP contribution in [0.2, 0.25) is 0 Å². The lowest BCUT2D eigenvalue weighted by molar-refractivity contribution is 0.372. The van der Waals surface area contributed by atoms with Crippen LogP contribution in [-0.2, 0) is 6.42 Å². The summed E-state index contributed by atoms with van der Waals surface area (Å²) >= 11 is 0. The number of guanidine groups is 1. The number of aliphatic imine (C=N–C) groups is 1. The summed E-state index contributed by atoms with van der Waals surface area (Å²) in [6, 6.07) is 14.0. The Balaban J connectivity index is 1.56. The molecule has 0 amide bonds. The van der Waals surface area contributed by atoms with E-state index in [4.69, 9.17) is 4.99 Å². The minimum absolute atomic E-state index is 0.203. The van der Waals surface area contributed by atoms with Crippen LogP contribution in [0.3, 0.4) is 0 Å². The van der Waals surface area contributed by atoms with Gasteiger partial charge in [0.05, 0.1) is 0 Å². The predicted molar refractivity (Wildman–Crippen MR) is 108 cm³/mol. The first-order valence-electron chi connectivity index (χ1n) is 9.47. The van der Waals surface area contributed by atoms with E-state index >= 15 is 0 Å². The number of benzene rings is 2. The van der Waals surface area contributed by atoms with Crippen LogP contribution in [0.5, 0.6) is 5.75 Å². The highest BCUT2D eigenvalue weighted by Gasteiger charge is 2.19. The molecule has 6 heteroatoms. The van der Waals surface area contributed by atoms with E-state index in [0.717, 1.165) is 56.4 Å². The largest absolute Gasteiger partial charge is 0.508 e. The summed E-state index contributed by atoms with van der Waals surface area (Å²) in [6.45, 7) is 7.06. The third-order valence-electron chi connectivity index (χ3n) is 4.68. The lowest BCUT2D eigenvalue weighted by Crippen LogP contribution is -2.52. The lowest BCUT2D eigenvalue weighted by atomic mass is 10.1. The minimum Gasteiger partial charge on any atom is -0.508 e. The SMILES string of the molecule is CCNC(=NCCc1cccc(O)c1)N1CCN(c2ccc(F)cc2)CC1. The Hall–Kier alpha value is -2.76. The van der Waals surface area contributed by atoms with Crippen molar-refractivity contribution in [1.29, 1.82) is 0 Å². The fourth-order valence-corrected chi connectivity index (χ4v) is 3.26. The number of phenols is 1. The number of hydrogen-bond acceptors (Lipinski definition) is 3. The van der Waals surface area contributed by atoms with E-state index in [-0.39, 0.29) is 5.82 Å². The summed E-state index contributed by atoms with van der Waals surface area (Å²) < 4.78 is 13.1. The van der Waals surface area contributed by atoms with E-state index < -0.39 is 0 Å².